The van der Waals surface area contributed by atoms with Crippen LogP contribution in [0.5, 0.6) is 0 Å². The average molecular weight is 272 g/mol. The minimum atomic E-state index is -0.465. The first-order chi connectivity index (χ1) is 9.60. The SMILES string of the molecule is CCC(C(=O)Nc1cc(N)cc(F)c1)c1ccccc1. The molecule has 3 N–H and O–H groups in total. The summed E-state index contributed by atoms with van der Waals surface area (Å²) in [6.45, 7) is 1.94. The van der Waals surface area contributed by atoms with Gasteiger partial charge in [0.1, 0.15) is 5.82 Å². The van der Waals surface area contributed by atoms with Gasteiger partial charge < -0.3 is 11.1 Å². The first-order valence-electron chi connectivity index (χ1n) is 6.52. The van der Waals surface area contributed by atoms with Gasteiger partial charge in [-0.25, -0.2) is 4.39 Å². The second-order valence-electron chi connectivity index (χ2n) is 4.63. The summed E-state index contributed by atoms with van der Waals surface area (Å²) in [5.74, 6) is -0.891. The smallest absolute Gasteiger partial charge is 0.231 e. The predicted octanol–water partition coefficient (Wildman–Crippen LogP) is 3.54. The molecule has 2 rings (SSSR count). The van der Waals surface area contributed by atoms with E-state index in [1.165, 1.54) is 12.1 Å². The van der Waals surface area contributed by atoms with E-state index in [0.717, 1.165) is 5.56 Å². The molecule has 4 heteroatoms. The molecule has 1 atom stereocenters. The fraction of sp³-hybridized carbons (Fsp3) is 0.188. The number of benzene rings is 2. The molecular weight excluding hydrogens is 255 g/mol. The maximum Gasteiger partial charge on any atom is 0.231 e. The number of nitrogen functional groups attached to an aromatic ring is 1. The Kier molecular flexibility index (Phi) is 4.35. The van der Waals surface area contributed by atoms with E-state index in [-0.39, 0.29) is 17.5 Å². The summed E-state index contributed by atoms with van der Waals surface area (Å²) < 4.78 is 13.3. The molecule has 0 heterocycles. The second kappa shape index (κ2) is 6.19. The molecule has 3 nitrogen and oxygen atoms in total. The van der Waals surface area contributed by atoms with E-state index in [1.54, 1.807) is 6.07 Å². The highest BCUT2D eigenvalue weighted by atomic mass is 19.1. The van der Waals surface area contributed by atoms with Gasteiger partial charge in [-0.15, -0.1) is 0 Å². The number of anilines is 2. The Balaban J connectivity index is 2.18. The molecule has 1 amide bonds. The summed E-state index contributed by atoms with van der Waals surface area (Å²) in [4.78, 5) is 12.3. The van der Waals surface area contributed by atoms with Gasteiger partial charge in [-0.2, -0.15) is 0 Å². The zero-order valence-corrected chi connectivity index (χ0v) is 11.3. The Labute approximate surface area is 117 Å². The molecule has 0 saturated heterocycles. The first kappa shape index (κ1) is 14.1. The molecule has 0 aromatic heterocycles. The van der Waals surface area contributed by atoms with Crippen LogP contribution in [-0.4, -0.2) is 5.91 Å². The molecule has 0 spiro atoms. The number of hydrogen-bond donors (Lipinski definition) is 2. The number of rotatable bonds is 4. The molecular formula is C16H17FN2O. The van der Waals surface area contributed by atoms with Gasteiger partial charge in [0, 0.05) is 11.4 Å². The van der Waals surface area contributed by atoms with E-state index >= 15 is 0 Å². The largest absolute Gasteiger partial charge is 0.399 e. The van der Waals surface area contributed by atoms with Gasteiger partial charge in [0.25, 0.3) is 0 Å². The van der Waals surface area contributed by atoms with Crippen LogP contribution in [0.1, 0.15) is 24.8 Å². The maximum absolute atomic E-state index is 13.3. The summed E-state index contributed by atoms with van der Waals surface area (Å²) in [5, 5.41) is 2.71. The Morgan fingerprint density at radius 1 is 1.25 bits per heavy atom. The summed E-state index contributed by atoms with van der Waals surface area (Å²) in [6, 6.07) is 13.5. The van der Waals surface area contributed by atoms with Gasteiger partial charge in [0.15, 0.2) is 0 Å². The molecule has 20 heavy (non-hydrogen) atoms. The zero-order valence-electron chi connectivity index (χ0n) is 11.3. The van der Waals surface area contributed by atoms with Crippen molar-refractivity contribution in [3.05, 3.63) is 59.9 Å². The lowest BCUT2D eigenvalue weighted by molar-refractivity contribution is -0.117. The summed E-state index contributed by atoms with van der Waals surface area (Å²) in [7, 11) is 0. The zero-order chi connectivity index (χ0) is 14.5. The third-order valence-corrected chi connectivity index (χ3v) is 3.11. The van der Waals surface area contributed by atoms with Crippen molar-refractivity contribution in [1.29, 1.82) is 0 Å². The lowest BCUT2D eigenvalue weighted by Gasteiger charge is -2.15. The van der Waals surface area contributed by atoms with Gasteiger partial charge in [0.05, 0.1) is 5.92 Å². The fourth-order valence-electron chi connectivity index (χ4n) is 2.17. The lowest BCUT2D eigenvalue weighted by Crippen LogP contribution is -2.20. The molecule has 2 aromatic carbocycles. The molecule has 0 saturated carbocycles. The van der Waals surface area contributed by atoms with Gasteiger partial charge in [-0.05, 0) is 30.2 Å². The maximum atomic E-state index is 13.3. The highest BCUT2D eigenvalue weighted by molar-refractivity contribution is 5.96. The van der Waals surface area contributed by atoms with Crippen LogP contribution in [0.15, 0.2) is 48.5 Å². The summed E-state index contributed by atoms with van der Waals surface area (Å²) in [5.41, 5.74) is 7.17. The summed E-state index contributed by atoms with van der Waals surface area (Å²) >= 11 is 0. The van der Waals surface area contributed by atoms with Crippen LogP contribution in [0.4, 0.5) is 15.8 Å². The van der Waals surface area contributed by atoms with E-state index in [1.807, 2.05) is 37.3 Å². The Morgan fingerprint density at radius 3 is 2.55 bits per heavy atom. The van der Waals surface area contributed by atoms with Crippen LogP contribution in [0.2, 0.25) is 0 Å². The van der Waals surface area contributed by atoms with Crippen LogP contribution in [0, 0.1) is 5.82 Å². The molecule has 104 valence electrons. The van der Waals surface area contributed by atoms with Crippen LogP contribution in [-0.2, 0) is 4.79 Å². The van der Waals surface area contributed by atoms with Crippen molar-refractivity contribution in [3.63, 3.8) is 0 Å². The molecule has 0 aliphatic carbocycles. The molecule has 2 aromatic rings. The monoisotopic (exact) mass is 272 g/mol. The summed E-state index contributed by atoms with van der Waals surface area (Å²) in [6.07, 6.45) is 0.667. The Morgan fingerprint density at radius 2 is 1.95 bits per heavy atom. The number of carbonyl (C=O) groups is 1. The van der Waals surface area contributed by atoms with Gasteiger partial charge in [-0.1, -0.05) is 37.3 Å². The van der Waals surface area contributed by atoms with E-state index in [0.29, 0.717) is 12.1 Å². The normalized spacial score (nSPS) is 11.9. The average Bonchev–Trinajstić information content (AvgIpc) is 2.39. The highest BCUT2D eigenvalue weighted by Crippen LogP contribution is 2.22. The van der Waals surface area contributed by atoms with Crippen molar-refractivity contribution in [2.45, 2.75) is 19.3 Å². The van der Waals surface area contributed by atoms with E-state index in [9.17, 15) is 9.18 Å². The number of nitrogens with two attached hydrogens (primary N) is 1. The standard InChI is InChI=1S/C16H17FN2O/c1-2-15(11-6-4-3-5-7-11)16(20)19-14-9-12(17)8-13(18)10-14/h3-10,15H,2,18H2,1H3,(H,19,20). The van der Waals surface area contributed by atoms with Crippen molar-refractivity contribution >= 4 is 17.3 Å². The number of hydrogen-bond acceptors (Lipinski definition) is 2. The number of carbonyl (C=O) groups excluding carboxylic acids is 1. The van der Waals surface area contributed by atoms with E-state index in [4.69, 9.17) is 5.73 Å². The third-order valence-electron chi connectivity index (χ3n) is 3.11. The quantitative estimate of drug-likeness (QED) is 0.836. The van der Waals surface area contributed by atoms with Crippen molar-refractivity contribution in [2.24, 2.45) is 0 Å². The Bertz CT molecular complexity index is 578. The first-order valence-corrected chi connectivity index (χ1v) is 6.52. The van der Waals surface area contributed by atoms with Gasteiger partial charge in [0.2, 0.25) is 5.91 Å². The molecule has 0 aliphatic rings. The van der Waals surface area contributed by atoms with E-state index in [2.05, 4.69) is 5.32 Å². The third kappa shape index (κ3) is 3.35. The number of halogens is 1. The Hall–Kier alpha value is -2.36. The topological polar surface area (TPSA) is 55.1 Å². The van der Waals surface area contributed by atoms with E-state index < -0.39 is 5.82 Å². The van der Waals surface area contributed by atoms with Crippen LogP contribution >= 0.6 is 0 Å². The molecule has 0 radical (unpaired) electrons. The predicted molar refractivity (Wildman–Crippen MR) is 78.9 cm³/mol. The number of nitrogens with one attached hydrogen (secondary N) is 1. The minimum Gasteiger partial charge on any atom is -0.399 e. The highest BCUT2D eigenvalue weighted by Gasteiger charge is 2.18. The van der Waals surface area contributed by atoms with Crippen molar-refractivity contribution < 1.29 is 9.18 Å². The molecule has 0 fully saturated rings. The van der Waals surface area contributed by atoms with Gasteiger partial charge >= 0.3 is 0 Å². The van der Waals surface area contributed by atoms with Crippen LogP contribution < -0.4 is 11.1 Å². The molecule has 0 bridgehead atoms. The van der Waals surface area contributed by atoms with Crippen molar-refractivity contribution in [1.82, 2.24) is 0 Å². The second-order valence-corrected chi connectivity index (χ2v) is 4.63. The lowest BCUT2D eigenvalue weighted by atomic mass is 9.95. The van der Waals surface area contributed by atoms with Crippen molar-refractivity contribution in [3.8, 4) is 0 Å². The van der Waals surface area contributed by atoms with Gasteiger partial charge in [-0.3, -0.25) is 4.79 Å². The molecule has 0 aliphatic heterocycles. The van der Waals surface area contributed by atoms with Crippen LogP contribution in [0.25, 0.3) is 0 Å². The fourth-order valence-corrected chi connectivity index (χ4v) is 2.17. The van der Waals surface area contributed by atoms with Crippen molar-refractivity contribution in [2.75, 3.05) is 11.1 Å². The molecule has 1 unspecified atom stereocenters. The number of amides is 1. The van der Waals surface area contributed by atoms with Crippen LogP contribution in [0.3, 0.4) is 0 Å². The minimum absolute atomic E-state index is 0.163.